The smallest absolute Gasteiger partial charge is 0.211 e. The van der Waals surface area contributed by atoms with Crippen LogP contribution in [-0.4, -0.2) is 6.08 Å². The van der Waals surface area contributed by atoms with Gasteiger partial charge in [-0.25, -0.2) is 9.18 Å². The molecule has 1 aliphatic carbocycles. The van der Waals surface area contributed by atoms with E-state index in [1.54, 1.807) is 12.1 Å². The van der Waals surface area contributed by atoms with Crippen molar-refractivity contribution in [3.05, 3.63) is 33.0 Å². The normalized spacial score (nSPS) is 16.8. The van der Waals surface area contributed by atoms with Crippen molar-refractivity contribution in [1.82, 2.24) is 0 Å². The van der Waals surface area contributed by atoms with Gasteiger partial charge in [-0.3, -0.25) is 0 Å². The maximum atomic E-state index is 14.1. The molecule has 1 aliphatic rings. The Bertz CT molecular complexity index is 476. The fourth-order valence-corrected chi connectivity index (χ4v) is 2.56. The van der Waals surface area contributed by atoms with E-state index in [9.17, 15) is 9.18 Å². The molecule has 1 fully saturated rings. The van der Waals surface area contributed by atoms with Gasteiger partial charge in [0.15, 0.2) is 0 Å². The van der Waals surface area contributed by atoms with Crippen molar-refractivity contribution in [2.24, 2.45) is 4.99 Å². The highest BCUT2D eigenvalue weighted by Gasteiger charge is 2.48. The molecule has 2 nitrogen and oxygen atoms in total. The summed E-state index contributed by atoms with van der Waals surface area (Å²) in [4.78, 5) is 14.2. The van der Waals surface area contributed by atoms with E-state index in [1.807, 2.05) is 13.8 Å². The number of aliphatic imine (C=N–C) groups is 1. The molecule has 1 saturated carbocycles. The van der Waals surface area contributed by atoms with Crippen LogP contribution in [0.25, 0.3) is 0 Å². The molecular weight excluding hydrogens is 273 g/mol. The lowest BCUT2D eigenvalue weighted by Gasteiger charge is -2.16. The van der Waals surface area contributed by atoms with Gasteiger partial charge in [0.2, 0.25) is 6.08 Å². The molecule has 0 radical (unpaired) electrons. The Hall–Kier alpha value is -0.990. The summed E-state index contributed by atoms with van der Waals surface area (Å²) in [5, 5.41) is 0. The van der Waals surface area contributed by atoms with E-state index in [2.05, 4.69) is 20.9 Å². The number of hydrogen-bond acceptors (Lipinski definition) is 2. The van der Waals surface area contributed by atoms with Crippen LogP contribution in [0.1, 0.15) is 29.5 Å². The number of carbonyl (C=O) groups excluding carboxylic acids is 1. The van der Waals surface area contributed by atoms with Crippen LogP contribution in [0.2, 0.25) is 0 Å². The molecular formula is C12H11BrFNO. The Kier molecular flexibility index (Phi) is 2.72. The Morgan fingerprint density at radius 1 is 1.50 bits per heavy atom. The highest BCUT2D eigenvalue weighted by atomic mass is 79.9. The van der Waals surface area contributed by atoms with Crippen LogP contribution in [-0.2, 0) is 10.3 Å². The molecule has 0 atom stereocenters. The molecule has 0 saturated heterocycles. The van der Waals surface area contributed by atoms with Crippen LogP contribution in [0.4, 0.5) is 4.39 Å². The van der Waals surface area contributed by atoms with Crippen molar-refractivity contribution < 1.29 is 9.18 Å². The molecule has 84 valence electrons. The van der Waals surface area contributed by atoms with E-state index in [0.717, 1.165) is 24.0 Å². The second kappa shape index (κ2) is 3.79. The average Bonchev–Trinajstić information content (AvgIpc) is 2.97. The molecule has 0 heterocycles. The van der Waals surface area contributed by atoms with Crippen LogP contribution < -0.4 is 0 Å². The van der Waals surface area contributed by atoms with E-state index >= 15 is 0 Å². The quantitative estimate of drug-likeness (QED) is 0.603. The number of isocyanates is 1. The molecule has 16 heavy (non-hydrogen) atoms. The van der Waals surface area contributed by atoms with Crippen molar-refractivity contribution in [2.45, 2.75) is 32.2 Å². The van der Waals surface area contributed by atoms with Gasteiger partial charge in [0.1, 0.15) is 11.4 Å². The summed E-state index contributed by atoms with van der Waals surface area (Å²) in [6.07, 6.45) is 2.99. The zero-order chi connectivity index (χ0) is 11.9. The average molecular weight is 284 g/mol. The minimum absolute atomic E-state index is 0.306. The lowest BCUT2D eigenvalue weighted by molar-refractivity contribution is 0.544. The fourth-order valence-electron chi connectivity index (χ4n) is 2.02. The van der Waals surface area contributed by atoms with Crippen LogP contribution in [0.3, 0.4) is 0 Å². The Balaban J connectivity index is 2.69. The van der Waals surface area contributed by atoms with Gasteiger partial charge in [-0.15, -0.1) is 0 Å². The number of halogens is 2. The van der Waals surface area contributed by atoms with Crippen LogP contribution in [0.5, 0.6) is 0 Å². The third kappa shape index (κ3) is 1.62. The van der Waals surface area contributed by atoms with Crippen LogP contribution >= 0.6 is 15.9 Å². The Morgan fingerprint density at radius 3 is 2.62 bits per heavy atom. The van der Waals surface area contributed by atoms with Crippen molar-refractivity contribution in [2.75, 3.05) is 0 Å². The predicted molar refractivity (Wildman–Crippen MR) is 62.6 cm³/mol. The first-order valence-corrected chi connectivity index (χ1v) is 5.86. The standard InChI is InChI=1S/C12H11BrFNO/c1-7-5-9(13)11(14)10(8(7)2)12(3-4-12)15-6-16/h5H,3-4H2,1-2H3. The van der Waals surface area contributed by atoms with Gasteiger partial charge in [-0.1, -0.05) is 0 Å². The molecule has 0 amide bonds. The zero-order valence-corrected chi connectivity index (χ0v) is 10.7. The van der Waals surface area contributed by atoms with E-state index < -0.39 is 5.54 Å². The first kappa shape index (κ1) is 11.5. The highest BCUT2D eigenvalue weighted by molar-refractivity contribution is 9.10. The summed E-state index contributed by atoms with van der Waals surface area (Å²) in [6, 6.07) is 1.74. The van der Waals surface area contributed by atoms with E-state index in [0.29, 0.717) is 10.0 Å². The fraction of sp³-hybridized carbons (Fsp3) is 0.417. The largest absolute Gasteiger partial charge is 0.235 e. The van der Waals surface area contributed by atoms with Crippen molar-refractivity contribution in [3.8, 4) is 0 Å². The summed E-state index contributed by atoms with van der Waals surface area (Å²) in [5.74, 6) is -0.306. The topological polar surface area (TPSA) is 29.4 Å². The number of aryl methyl sites for hydroxylation is 1. The van der Waals surface area contributed by atoms with Gasteiger partial charge in [-0.2, -0.15) is 4.99 Å². The van der Waals surface area contributed by atoms with Crippen molar-refractivity contribution in [3.63, 3.8) is 0 Å². The number of nitrogens with zero attached hydrogens (tertiary/aromatic N) is 1. The van der Waals surface area contributed by atoms with Gasteiger partial charge in [0, 0.05) is 5.56 Å². The lowest BCUT2D eigenvalue weighted by Crippen LogP contribution is -2.10. The summed E-state index contributed by atoms with van der Waals surface area (Å²) >= 11 is 3.19. The Morgan fingerprint density at radius 2 is 2.12 bits per heavy atom. The maximum Gasteiger partial charge on any atom is 0.235 e. The SMILES string of the molecule is Cc1cc(Br)c(F)c(C2(N=C=O)CC2)c1C. The first-order valence-electron chi connectivity index (χ1n) is 5.06. The van der Waals surface area contributed by atoms with E-state index in [-0.39, 0.29) is 5.82 Å². The lowest BCUT2D eigenvalue weighted by atomic mass is 9.95. The van der Waals surface area contributed by atoms with Gasteiger partial charge < -0.3 is 0 Å². The second-order valence-electron chi connectivity index (χ2n) is 4.22. The monoisotopic (exact) mass is 283 g/mol. The Labute approximate surface area is 102 Å². The maximum absolute atomic E-state index is 14.1. The van der Waals surface area contributed by atoms with E-state index in [4.69, 9.17) is 0 Å². The number of benzene rings is 1. The van der Waals surface area contributed by atoms with Gasteiger partial charge >= 0.3 is 0 Å². The van der Waals surface area contributed by atoms with Gasteiger partial charge in [-0.05, 0) is 59.8 Å². The molecule has 1 aromatic carbocycles. The van der Waals surface area contributed by atoms with Crippen molar-refractivity contribution in [1.29, 1.82) is 0 Å². The van der Waals surface area contributed by atoms with E-state index in [1.165, 1.54) is 0 Å². The summed E-state index contributed by atoms with van der Waals surface area (Å²) in [5.41, 5.74) is 1.76. The molecule has 4 heteroatoms. The first-order chi connectivity index (χ1) is 7.52. The molecule has 0 unspecified atom stereocenters. The summed E-state index contributed by atoms with van der Waals surface area (Å²) in [7, 11) is 0. The third-order valence-corrected chi connectivity index (χ3v) is 3.76. The summed E-state index contributed by atoms with van der Waals surface area (Å²) < 4.78 is 14.5. The van der Waals surface area contributed by atoms with Gasteiger partial charge in [0.25, 0.3) is 0 Å². The zero-order valence-electron chi connectivity index (χ0n) is 9.10. The number of hydrogen-bond donors (Lipinski definition) is 0. The highest BCUT2D eigenvalue weighted by Crippen LogP contribution is 2.52. The molecule has 0 N–H and O–H groups in total. The molecule has 0 bridgehead atoms. The molecule has 2 rings (SSSR count). The minimum atomic E-state index is -0.648. The second-order valence-corrected chi connectivity index (χ2v) is 5.08. The molecule has 0 aliphatic heterocycles. The predicted octanol–water partition coefficient (Wildman–Crippen LogP) is 3.53. The molecule has 0 aromatic heterocycles. The third-order valence-electron chi connectivity index (χ3n) is 3.19. The molecule has 1 aromatic rings. The van der Waals surface area contributed by atoms with Gasteiger partial charge in [0.05, 0.1) is 4.47 Å². The minimum Gasteiger partial charge on any atom is -0.211 e. The van der Waals surface area contributed by atoms with Crippen LogP contribution in [0, 0.1) is 19.7 Å². The summed E-state index contributed by atoms with van der Waals surface area (Å²) in [6.45, 7) is 3.78. The van der Waals surface area contributed by atoms with Crippen molar-refractivity contribution >= 4 is 22.0 Å². The van der Waals surface area contributed by atoms with Crippen LogP contribution in [0.15, 0.2) is 15.5 Å². The molecule has 0 spiro atoms. The number of rotatable bonds is 2.